The van der Waals surface area contributed by atoms with Gasteiger partial charge in [0.15, 0.2) is 17.5 Å². The molecule has 1 aliphatic rings. The van der Waals surface area contributed by atoms with Crippen LogP contribution in [0.1, 0.15) is 27.2 Å². The minimum Gasteiger partial charge on any atom is -0.349 e. The fraction of sp³-hybridized carbons (Fsp3) is 0.273. The van der Waals surface area contributed by atoms with Crippen molar-refractivity contribution >= 4 is 50.4 Å². The Morgan fingerprint density at radius 1 is 0.957 bits per heavy atom. The van der Waals surface area contributed by atoms with Gasteiger partial charge in [0.2, 0.25) is 5.91 Å². The van der Waals surface area contributed by atoms with Crippen LogP contribution in [-0.4, -0.2) is 81.7 Å². The van der Waals surface area contributed by atoms with Crippen LogP contribution in [0.25, 0.3) is 67.3 Å². The zero-order valence-corrected chi connectivity index (χ0v) is 26.2. The third-order valence-electron chi connectivity index (χ3n) is 8.60. The monoisotopic (exact) mass is 627 g/mol. The molecule has 8 rings (SSSR count). The van der Waals surface area contributed by atoms with Crippen molar-refractivity contribution in [3.05, 3.63) is 55.2 Å². The van der Waals surface area contributed by atoms with Crippen molar-refractivity contribution in [2.75, 3.05) is 29.9 Å². The maximum atomic E-state index is 12.2. The van der Waals surface area contributed by atoms with Crippen LogP contribution in [0.2, 0.25) is 0 Å². The average molecular weight is 628 g/mol. The summed E-state index contributed by atoms with van der Waals surface area (Å²) in [7, 11) is 0. The molecule has 8 heterocycles. The summed E-state index contributed by atoms with van der Waals surface area (Å²) in [4.78, 5) is 49.9. The predicted molar refractivity (Wildman–Crippen MR) is 181 cm³/mol. The topological polar surface area (TPSA) is 182 Å². The highest BCUT2D eigenvalue weighted by Crippen LogP contribution is 2.33. The Bertz CT molecular complexity index is 2270. The fourth-order valence-electron chi connectivity index (χ4n) is 6.06. The lowest BCUT2D eigenvalue weighted by Gasteiger charge is -2.36. The summed E-state index contributed by atoms with van der Waals surface area (Å²) in [6.45, 7) is 8.59. The largest absolute Gasteiger partial charge is 0.349 e. The summed E-state index contributed by atoms with van der Waals surface area (Å²) >= 11 is 0. The third-order valence-corrected chi connectivity index (χ3v) is 8.60. The number of rotatable bonds is 7. The van der Waals surface area contributed by atoms with E-state index in [4.69, 9.17) is 19.9 Å². The zero-order chi connectivity index (χ0) is 32.1. The molecule has 1 amide bonds. The molecule has 0 radical (unpaired) electrons. The molecule has 1 unspecified atom stereocenters. The Morgan fingerprint density at radius 3 is 2.57 bits per heavy atom. The second-order valence-corrected chi connectivity index (χ2v) is 12.0. The summed E-state index contributed by atoms with van der Waals surface area (Å²) in [5.74, 6) is 1.86. The standard InChI is InChI=1S/C33H33N13O/c1-4-20-15-34-9-10-46(20)32-28-23(6-8-37-32)41-31(43-28)29-27-22(5-7-36-29)40-30(42-27)26-21-12-24(38-16-25(21)44-45-26)18-11-19(14-35-13-18)39-33(47)17(2)3/h5-8,11-14,16-17,20,34H,4,9-10,15H2,1-3H3,(H,39,47)(H,40,42)(H,41,43)(H,44,45). The van der Waals surface area contributed by atoms with E-state index in [0.29, 0.717) is 46.0 Å². The molecule has 1 atom stereocenters. The first kappa shape index (κ1) is 28.7. The van der Waals surface area contributed by atoms with E-state index in [-0.39, 0.29) is 11.8 Å². The molecule has 47 heavy (non-hydrogen) atoms. The van der Waals surface area contributed by atoms with E-state index in [1.165, 1.54) is 0 Å². The van der Waals surface area contributed by atoms with Gasteiger partial charge in [-0.05, 0) is 30.7 Å². The number of piperazine rings is 1. The maximum Gasteiger partial charge on any atom is 0.226 e. The zero-order valence-electron chi connectivity index (χ0n) is 26.2. The Balaban J connectivity index is 1.17. The second-order valence-electron chi connectivity index (χ2n) is 12.0. The first-order chi connectivity index (χ1) is 23.0. The van der Waals surface area contributed by atoms with Crippen LogP contribution in [0.15, 0.2) is 55.2 Å². The lowest BCUT2D eigenvalue weighted by Crippen LogP contribution is -2.51. The van der Waals surface area contributed by atoms with Gasteiger partial charge >= 0.3 is 0 Å². The Labute approximate surface area is 268 Å². The van der Waals surface area contributed by atoms with Gasteiger partial charge < -0.3 is 25.5 Å². The van der Waals surface area contributed by atoms with E-state index >= 15 is 0 Å². The number of aromatic nitrogens is 10. The van der Waals surface area contributed by atoms with E-state index in [1.54, 1.807) is 24.8 Å². The van der Waals surface area contributed by atoms with Crippen molar-refractivity contribution in [1.82, 2.24) is 55.4 Å². The van der Waals surface area contributed by atoms with Gasteiger partial charge in [-0.15, -0.1) is 0 Å². The molecule has 5 N–H and O–H groups in total. The summed E-state index contributed by atoms with van der Waals surface area (Å²) < 4.78 is 0. The number of amides is 1. The van der Waals surface area contributed by atoms with Crippen molar-refractivity contribution in [3.63, 3.8) is 0 Å². The smallest absolute Gasteiger partial charge is 0.226 e. The number of anilines is 2. The van der Waals surface area contributed by atoms with Crippen molar-refractivity contribution < 1.29 is 4.79 Å². The SMILES string of the molecule is CCC1CNCCN1c1nccc2[nH]c(-c3nccc4[nH]c(-c5n[nH]c6cnc(-c7cncc(NC(=O)C(C)C)c7)cc56)nc34)nc12. The van der Waals surface area contributed by atoms with Crippen LogP contribution in [0.5, 0.6) is 0 Å². The van der Waals surface area contributed by atoms with Crippen LogP contribution < -0.4 is 15.5 Å². The molecule has 7 aromatic heterocycles. The van der Waals surface area contributed by atoms with E-state index in [2.05, 4.69) is 52.6 Å². The van der Waals surface area contributed by atoms with Gasteiger partial charge in [-0.2, -0.15) is 5.10 Å². The molecule has 236 valence electrons. The number of pyridine rings is 4. The van der Waals surface area contributed by atoms with Gasteiger partial charge in [0.1, 0.15) is 22.4 Å². The molecule has 0 saturated carbocycles. The number of nitrogens with zero attached hydrogens (tertiary/aromatic N) is 8. The van der Waals surface area contributed by atoms with Crippen LogP contribution in [0.3, 0.4) is 0 Å². The number of nitrogens with one attached hydrogen (secondary N) is 5. The molecule has 0 aromatic carbocycles. The number of carbonyl (C=O) groups excluding carboxylic acids is 1. The second kappa shape index (κ2) is 11.6. The predicted octanol–water partition coefficient (Wildman–Crippen LogP) is 4.68. The molecule has 0 spiro atoms. The minimum absolute atomic E-state index is 0.0762. The van der Waals surface area contributed by atoms with Crippen molar-refractivity contribution in [2.24, 2.45) is 5.92 Å². The highest BCUT2D eigenvalue weighted by atomic mass is 16.1. The van der Waals surface area contributed by atoms with Crippen LogP contribution in [0.4, 0.5) is 11.5 Å². The van der Waals surface area contributed by atoms with Crippen LogP contribution >= 0.6 is 0 Å². The van der Waals surface area contributed by atoms with Crippen molar-refractivity contribution in [2.45, 2.75) is 33.2 Å². The molecule has 14 nitrogen and oxygen atoms in total. The number of hydrogen-bond acceptors (Lipinski definition) is 10. The molecule has 14 heteroatoms. The van der Waals surface area contributed by atoms with E-state index in [0.717, 1.165) is 64.9 Å². The number of fused-ring (bicyclic) bond motifs is 3. The normalized spacial score (nSPS) is 15.3. The average Bonchev–Trinajstić information content (AvgIpc) is 3.84. The van der Waals surface area contributed by atoms with E-state index in [9.17, 15) is 4.79 Å². The summed E-state index contributed by atoms with van der Waals surface area (Å²) in [5.41, 5.74) is 7.29. The Kier molecular flexibility index (Phi) is 7.05. The summed E-state index contributed by atoms with van der Waals surface area (Å²) in [6, 6.07) is 7.99. The fourth-order valence-corrected chi connectivity index (χ4v) is 6.06. The van der Waals surface area contributed by atoms with Gasteiger partial charge in [0, 0.05) is 61.1 Å². The first-order valence-electron chi connectivity index (χ1n) is 15.7. The summed E-state index contributed by atoms with van der Waals surface area (Å²) in [6.07, 6.45) is 9.66. The van der Waals surface area contributed by atoms with E-state index in [1.807, 2.05) is 44.3 Å². The van der Waals surface area contributed by atoms with Crippen LogP contribution in [0, 0.1) is 5.92 Å². The molecular weight excluding hydrogens is 594 g/mol. The maximum absolute atomic E-state index is 12.2. The molecule has 1 fully saturated rings. The molecular formula is C33H33N13O. The molecule has 1 saturated heterocycles. The quantitative estimate of drug-likeness (QED) is 0.166. The Hall–Kier alpha value is -5.76. The molecule has 0 bridgehead atoms. The van der Waals surface area contributed by atoms with Gasteiger partial charge in [0.25, 0.3) is 0 Å². The minimum atomic E-state index is -0.145. The summed E-state index contributed by atoms with van der Waals surface area (Å²) in [5, 5.41) is 14.9. The highest BCUT2D eigenvalue weighted by Gasteiger charge is 2.26. The van der Waals surface area contributed by atoms with Gasteiger partial charge in [-0.1, -0.05) is 20.8 Å². The van der Waals surface area contributed by atoms with Gasteiger partial charge in [0.05, 0.1) is 40.3 Å². The third kappa shape index (κ3) is 5.12. The number of imidazole rings is 2. The molecule has 0 aliphatic carbocycles. The molecule has 7 aromatic rings. The van der Waals surface area contributed by atoms with E-state index < -0.39 is 0 Å². The Morgan fingerprint density at radius 2 is 1.74 bits per heavy atom. The number of aromatic amines is 3. The lowest BCUT2D eigenvalue weighted by atomic mass is 10.1. The number of hydrogen-bond donors (Lipinski definition) is 5. The number of carbonyl (C=O) groups is 1. The van der Waals surface area contributed by atoms with Crippen LogP contribution in [-0.2, 0) is 4.79 Å². The molecule has 1 aliphatic heterocycles. The van der Waals surface area contributed by atoms with Crippen molar-refractivity contribution in [1.29, 1.82) is 0 Å². The lowest BCUT2D eigenvalue weighted by molar-refractivity contribution is -0.118. The van der Waals surface area contributed by atoms with Gasteiger partial charge in [-0.25, -0.2) is 15.0 Å². The highest BCUT2D eigenvalue weighted by molar-refractivity contribution is 5.98. The number of H-pyrrole nitrogens is 3. The first-order valence-corrected chi connectivity index (χ1v) is 15.7. The van der Waals surface area contributed by atoms with Gasteiger partial charge in [-0.3, -0.25) is 24.8 Å². The van der Waals surface area contributed by atoms with Crippen molar-refractivity contribution in [3.8, 4) is 34.3 Å².